The minimum absolute atomic E-state index is 0.102. The second kappa shape index (κ2) is 9.94. The van der Waals surface area contributed by atoms with Gasteiger partial charge in [0, 0.05) is 36.3 Å². The molecule has 1 fully saturated rings. The molecule has 0 spiro atoms. The lowest BCUT2D eigenvalue weighted by Gasteiger charge is -2.20. The van der Waals surface area contributed by atoms with Gasteiger partial charge in [-0.05, 0) is 57.0 Å². The van der Waals surface area contributed by atoms with Gasteiger partial charge in [-0.25, -0.2) is 0 Å². The molecule has 182 valence electrons. The molecule has 0 aliphatic carbocycles. The summed E-state index contributed by atoms with van der Waals surface area (Å²) < 4.78 is 11.8. The number of ether oxygens (including phenoxy) is 2. The van der Waals surface area contributed by atoms with E-state index in [1.807, 2.05) is 68.4 Å². The number of rotatable bonds is 6. The van der Waals surface area contributed by atoms with Crippen molar-refractivity contribution in [3.8, 4) is 22.8 Å². The van der Waals surface area contributed by atoms with Crippen molar-refractivity contribution in [2.75, 3.05) is 29.9 Å². The summed E-state index contributed by atoms with van der Waals surface area (Å²) in [6, 6.07) is 17.5. The Morgan fingerprint density at radius 3 is 2.60 bits per heavy atom. The Morgan fingerprint density at radius 1 is 1.03 bits per heavy atom. The van der Waals surface area contributed by atoms with Crippen LogP contribution in [0.3, 0.4) is 0 Å². The fourth-order valence-electron chi connectivity index (χ4n) is 4.75. The molecule has 3 heterocycles. The van der Waals surface area contributed by atoms with E-state index in [4.69, 9.17) is 9.47 Å². The highest BCUT2D eigenvalue weighted by molar-refractivity contribution is 5.92. The molecule has 0 atom stereocenters. The second-order valence-corrected chi connectivity index (χ2v) is 9.88. The first-order valence-electron chi connectivity index (χ1n) is 12.4. The van der Waals surface area contributed by atoms with E-state index >= 15 is 0 Å². The van der Waals surface area contributed by atoms with Gasteiger partial charge in [-0.15, -0.1) is 10.2 Å². The fraction of sp³-hybridized carbons (Fsp3) is 0.393. The molecule has 1 amide bonds. The number of carbonyl (C=O) groups is 1. The van der Waals surface area contributed by atoms with Crippen molar-refractivity contribution >= 4 is 17.4 Å². The third kappa shape index (κ3) is 5.56. The third-order valence-electron chi connectivity index (χ3n) is 6.44. The van der Waals surface area contributed by atoms with Crippen LogP contribution in [0.15, 0.2) is 54.6 Å². The smallest absolute Gasteiger partial charge is 0.262 e. The summed E-state index contributed by atoms with van der Waals surface area (Å²) in [6.45, 7) is 6.06. The summed E-state index contributed by atoms with van der Waals surface area (Å²) in [5.41, 5.74) is 3.19. The van der Waals surface area contributed by atoms with Crippen LogP contribution in [0, 0.1) is 0 Å². The number of nitrogens with one attached hydrogen (secondary N) is 1. The number of benzene rings is 2. The van der Waals surface area contributed by atoms with Crippen molar-refractivity contribution in [1.29, 1.82) is 0 Å². The highest BCUT2D eigenvalue weighted by atomic mass is 16.5. The Kier molecular flexibility index (Phi) is 6.57. The van der Waals surface area contributed by atoms with Crippen molar-refractivity contribution in [3.05, 3.63) is 60.2 Å². The van der Waals surface area contributed by atoms with Crippen molar-refractivity contribution < 1.29 is 14.3 Å². The minimum atomic E-state index is -0.265. The molecule has 0 unspecified atom stereocenters. The van der Waals surface area contributed by atoms with Gasteiger partial charge < -0.3 is 19.7 Å². The van der Waals surface area contributed by atoms with Crippen LogP contribution in [0.1, 0.15) is 45.1 Å². The molecule has 2 aliphatic rings. The van der Waals surface area contributed by atoms with Gasteiger partial charge in [-0.3, -0.25) is 4.79 Å². The quantitative estimate of drug-likeness (QED) is 0.528. The van der Waals surface area contributed by atoms with E-state index in [0.717, 1.165) is 47.9 Å². The molecular formula is C28H32N4O3. The van der Waals surface area contributed by atoms with Crippen LogP contribution in [0.4, 0.5) is 11.5 Å². The first kappa shape index (κ1) is 23.1. The standard InChI is InChI=1S/C28H32N4O3/c1-28(2)18-21-10-8-12-24(27(21)35-28)34-19-26(33)29-22-11-7-9-20(17-22)23-13-14-25(31-30-23)32-15-5-3-4-6-16-32/h7-14,17H,3-6,15-16,18-19H2,1-2H3,(H,29,33). The molecular weight excluding hydrogens is 440 g/mol. The summed E-state index contributed by atoms with van der Waals surface area (Å²) in [6.07, 6.45) is 5.79. The second-order valence-electron chi connectivity index (χ2n) is 9.88. The highest BCUT2D eigenvalue weighted by Crippen LogP contribution is 2.41. The molecule has 35 heavy (non-hydrogen) atoms. The topological polar surface area (TPSA) is 76.6 Å². The summed E-state index contributed by atoms with van der Waals surface area (Å²) in [7, 11) is 0. The predicted octanol–water partition coefficient (Wildman–Crippen LogP) is 5.26. The van der Waals surface area contributed by atoms with Crippen molar-refractivity contribution in [1.82, 2.24) is 10.2 Å². The van der Waals surface area contributed by atoms with Crippen molar-refractivity contribution in [2.45, 2.75) is 51.6 Å². The minimum Gasteiger partial charge on any atom is -0.483 e. The molecule has 7 heteroatoms. The van der Waals surface area contributed by atoms with Gasteiger partial charge in [-0.2, -0.15) is 0 Å². The third-order valence-corrected chi connectivity index (χ3v) is 6.44. The first-order chi connectivity index (χ1) is 17.0. The lowest BCUT2D eigenvalue weighted by Crippen LogP contribution is -2.25. The number of hydrogen-bond acceptors (Lipinski definition) is 6. The van der Waals surface area contributed by atoms with Gasteiger partial charge in [0.25, 0.3) is 5.91 Å². The summed E-state index contributed by atoms with van der Waals surface area (Å²) in [4.78, 5) is 14.9. The molecule has 7 nitrogen and oxygen atoms in total. The summed E-state index contributed by atoms with van der Waals surface area (Å²) in [5, 5.41) is 11.8. The van der Waals surface area contributed by atoms with E-state index in [9.17, 15) is 4.79 Å². The molecule has 0 bridgehead atoms. The van der Waals surface area contributed by atoms with E-state index in [-0.39, 0.29) is 18.1 Å². The summed E-state index contributed by atoms with van der Waals surface area (Å²) in [5.74, 6) is 2.02. The number of amides is 1. The molecule has 3 aromatic rings. The Bertz CT molecular complexity index is 1190. The largest absolute Gasteiger partial charge is 0.483 e. The van der Waals surface area contributed by atoms with Crippen LogP contribution in [0.25, 0.3) is 11.3 Å². The normalized spacial score (nSPS) is 16.7. The molecule has 1 saturated heterocycles. The van der Waals surface area contributed by atoms with Gasteiger partial charge >= 0.3 is 0 Å². The van der Waals surface area contributed by atoms with Gasteiger partial charge in [0.05, 0.1) is 5.69 Å². The SMILES string of the molecule is CC1(C)Cc2cccc(OCC(=O)Nc3cccc(-c4ccc(N5CCCCCC5)nn4)c3)c2O1. The monoisotopic (exact) mass is 472 g/mol. The summed E-state index contributed by atoms with van der Waals surface area (Å²) >= 11 is 0. The van der Waals surface area contributed by atoms with Gasteiger partial charge in [0.1, 0.15) is 5.60 Å². The Balaban J connectivity index is 1.21. The molecule has 2 aromatic carbocycles. The van der Waals surface area contributed by atoms with E-state index in [2.05, 4.69) is 20.4 Å². The first-order valence-corrected chi connectivity index (χ1v) is 12.4. The molecule has 1 aromatic heterocycles. The molecule has 2 aliphatic heterocycles. The van der Waals surface area contributed by atoms with Crippen LogP contribution in [0.2, 0.25) is 0 Å². The van der Waals surface area contributed by atoms with Gasteiger partial charge in [-0.1, -0.05) is 37.1 Å². The van der Waals surface area contributed by atoms with Gasteiger partial charge in [0.2, 0.25) is 0 Å². The molecule has 1 N–H and O–H groups in total. The van der Waals surface area contributed by atoms with Crippen LogP contribution in [-0.2, 0) is 11.2 Å². The number of nitrogens with zero attached hydrogens (tertiary/aromatic N) is 3. The molecule has 0 radical (unpaired) electrons. The number of aromatic nitrogens is 2. The Morgan fingerprint density at radius 2 is 1.83 bits per heavy atom. The maximum Gasteiger partial charge on any atom is 0.262 e. The predicted molar refractivity (Wildman–Crippen MR) is 137 cm³/mol. The maximum absolute atomic E-state index is 12.6. The average Bonchev–Trinajstić information content (AvgIpc) is 3.00. The Labute approximate surface area is 206 Å². The van der Waals surface area contributed by atoms with Crippen LogP contribution in [-0.4, -0.2) is 41.4 Å². The van der Waals surface area contributed by atoms with Crippen LogP contribution >= 0.6 is 0 Å². The number of anilines is 2. The average molecular weight is 473 g/mol. The van der Waals surface area contributed by atoms with Crippen LogP contribution < -0.4 is 19.7 Å². The lowest BCUT2D eigenvalue weighted by atomic mass is 10.0. The fourth-order valence-corrected chi connectivity index (χ4v) is 4.75. The lowest BCUT2D eigenvalue weighted by molar-refractivity contribution is -0.118. The molecule has 5 rings (SSSR count). The number of hydrogen-bond donors (Lipinski definition) is 1. The van der Waals surface area contributed by atoms with E-state index < -0.39 is 0 Å². The zero-order valence-corrected chi connectivity index (χ0v) is 20.4. The number of carbonyl (C=O) groups excluding carboxylic acids is 1. The molecule has 0 saturated carbocycles. The maximum atomic E-state index is 12.6. The van der Waals surface area contributed by atoms with E-state index in [1.54, 1.807) is 0 Å². The number of fused-ring (bicyclic) bond motifs is 1. The van der Waals surface area contributed by atoms with Crippen molar-refractivity contribution in [3.63, 3.8) is 0 Å². The number of para-hydroxylation sites is 1. The highest BCUT2D eigenvalue weighted by Gasteiger charge is 2.32. The Hall–Kier alpha value is -3.61. The van der Waals surface area contributed by atoms with Gasteiger partial charge in [0.15, 0.2) is 23.9 Å². The zero-order chi connectivity index (χ0) is 24.3. The van der Waals surface area contributed by atoms with Crippen LogP contribution in [0.5, 0.6) is 11.5 Å². The van der Waals surface area contributed by atoms with E-state index in [0.29, 0.717) is 11.4 Å². The van der Waals surface area contributed by atoms with E-state index in [1.165, 1.54) is 25.7 Å². The zero-order valence-electron chi connectivity index (χ0n) is 20.4. The van der Waals surface area contributed by atoms with Crippen molar-refractivity contribution in [2.24, 2.45) is 0 Å².